The van der Waals surface area contributed by atoms with Gasteiger partial charge in [0, 0.05) is 37.7 Å². The van der Waals surface area contributed by atoms with Gasteiger partial charge in [0.15, 0.2) is 0 Å². The molecule has 0 aromatic heterocycles. The molecular formula is C16H20F2N2O2. The average Bonchev–Trinajstić information content (AvgIpc) is 2.67. The summed E-state index contributed by atoms with van der Waals surface area (Å²) >= 11 is 0. The van der Waals surface area contributed by atoms with Crippen LogP contribution < -0.4 is 5.32 Å². The van der Waals surface area contributed by atoms with Crippen LogP contribution in [0.1, 0.15) is 42.5 Å². The summed E-state index contributed by atoms with van der Waals surface area (Å²) in [5.41, 5.74) is -0.0386. The van der Waals surface area contributed by atoms with E-state index in [-0.39, 0.29) is 11.5 Å². The number of carbonyl (C=O) groups excluding carboxylic acids is 2. The first-order chi connectivity index (χ1) is 10.6. The van der Waals surface area contributed by atoms with Gasteiger partial charge >= 0.3 is 0 Å². The highest BCUT2D eigenvalue weighted by atomic mass is 19.1. The maximum atomic E-state index is 13.0. The van der Waals surface area contributed by atoms with Crippen molar-refractivity contribution in [2.75, 3.05) is 19.6 Å². The summed E-state index contributed by atoms with van der Waals surface area (Å²) in [6.07, 6.45) is 4.24. The van der Waals surface area contributed by atoms with Crippen LogP contribution >= 0.6 is 0 Å². The molecule has 0 radical (unpaired) electrons. The zero-order valence-electron chi connectivity index (χ0n) is 12.4. The fraction of sp³-hybridized carbons (Fsp3) is 0.500. The van der Waals surface area contributed by atoms with Gasteiger partial charge in [0.25, 0.3) is 5.91 Å². The van der Waals surface area contributed by atoms with Crippen LogP contribution in [0, 0.1) is 11.6 Å². The van der Waals surface area contributed by atoms with E-state index in [0.29, 0.717) is 25.9 Å². The van der Waals surface area contributed by atoms with Crippen molar-refractivity contribution in [2.45, 2.75) is 32.1 Å². The molecule has 1 aliphatic heterocycles. The number of amides is 2. The summed E-state index contributed by atoms with van der Waals surface area (Å²) in [4.78, 5) is 25.4. The van der Waals surface area contributed by atoms with Gasteiger partial charge in [-0.3, -0.25) is 9.59 Å². The van der Waals surface area contributed by atoms with E-state index in [1.54, 1.807) is 0 Å². The number of nitrogens with zero attached hydrogens (tertiary/aromatic N) is 1. The zero-order chi connectivity index (χ0) is 15.9. The Hall–Kier alpha value is -1.98. The van der Waals surface area contributed by atoms with Crippen molar-refractivity contribution in [1.82, 2.24) is 10.2 Å². The molecule has 0 bridgehead atoms. The number of likely N-dealkylation sites (tertiary alicyclic amines) is 1. The molecule has 1 saturated heterocycles. The SMILES string of the molecule is O=C(NCCCN1CCCCCC1=O)c1cc(F)cc(F)c1. The summed E-state index contributed by atoms with van der Waals surface area (Å²) in [6, 6.07) is 2.72. The van der Waals surface area contributed by atoms with E-state index in [4.69, 9.17) is 0 Å². The number of carbonyl (C=O) groups is 2. The Bertz CT molecular complexity index is 529. The van der Waals surface area contributed by atoms with Gasteiger partial charge in [0.05, 0.1) is 0 Å². The third kappa shape index (κ3) is 4.79. The maximum Gasteiger partial charge on any atom is 0.251 e. The molecule has 2 rings (SSSR count). The molecule has 6 heteroatoms. The third-order valence-corrected chi connectivity index (χ3v) is 3.69. The zero-order valence-corrected chi connectivity index (χ0v) is 12.4. The van der Waals surface area contributed by atoms with Gasteiger partial charge in [0.1, 0.15) is 11.6 Å². The van der Waals surface area contributed by atoms with Gasteiger partial charge in [-0.1, -0.05) is 6.42 Å². The minimum Gasteiger partial charge on any atom is -0.352 e. The highest BCUT2D eigenvalue weighted by Crippen LogP contribution is 2.11. The maximum absolute atomic E-state index is 13.0. The molecule has 120 valence electrons. The summed E-state index contributed by atoms with van der Waals surface area (Å²) in [6.45, 7) is 1.72. The first-order valence-corrected chi connectivity index (χ1v) is 7.58. The second-order valence-electron chi connectivity index (χ2n) is 5.46. The number of hydrogen-bond donors (Lipinski definition) is 1. The van der Waals surface area contributed by atoms with Crippen molar-refractivity contribution in [3.8, 4) is 0 Å². The van der Waals surface area contributed by atoms with Crippen LogP contribution in [-0.4, -0.2) is 36.3 Å². The van der Waals surface area contributed by atoms with E-state index in [9.17, 15) is 18.4 Å². The predicted molar refractivity (Wildman–Crippen MR) is 78.4 cm³/mol. The molecule has 1 N–H and O–H groups in total. The minimum absolute atomic E-state index is 0.0386. The Morgan fingerprint density at radius 3 is 2.59 bits per heavy atom. The molecule has 22 heavy (non-hydrogen) atoms. The lowest BCUT2D eigenvalue weighted by atomic mass is 10.2. The van der Waals surface area contributed by atoms with E-state index in [1.807, 2.05) is 4.90 Å². The molecule has 1 fully saturated rings. The molecule has 1 aliphatic rings. The van der Waals surface area contributed by atoms with Gasteiger partial charge in [-0.05, 0) is 31.4 Å². The Kier molecular flexibility index (Phi) is 5.86. The standard InChI is InChI=1S/C16H20F2N2O2/c17-13-9-12(10-14(18)11-13)16(22)19-6-4-8-20-7-3-1-2-5-15(20)21/h9-11H,1-8H2,(H,19,22). The second-order valence-corrected chi connectivity index (χ2v) is 5.46. The number of nitrogens with one attached hydrogen (secondary N) is 1. The van der Waals surface area contributed by atoms with E-state index >= 15 is 0 Å². The van der Waals surface area contributed by atoms with Crippen LogP contribution in [0.5, 0.6) is 0 Å². The van der Waals surface area contributed by atoms with Crippen molar-refractivity contribution in [1.29, 1.82) is 0 Å². The van der Waals surface area contributed by atoms with Crippen molar-refractivity contribution in [3.05, 3.63) is 35.4 Å². The smallest absolute Gasteiger partial charge is 0.251 e. The minimum atomic E-state index is -0.777. The van der Waals surface area contributed by atoms with Crippen molar-refractivity contribution in [2.24, 2.45) is 0 Å². The Labute approximate surface area is 128 Å². The van der Waals surface area contributed by atoms with Crippen LogP contribution in [0.2, 0.25) is 0 Å². The highest BCUT2D eigenvalue weighted by Gasteiger charge is 2.16. The first kappa shape index (κ1) is 16.4. The lowest BCUT2D eigenvalue weighted by molar-refractivity contribution is -0.130. The van der Waals surface area contributed by atoms with Crippen LogP contribution in [0.15, 0.2) is 18.2 Å². The van der Waals surface area contributed by atoms with Crippen LogP contribution in [0.4, 0.5) is 8.78 Å². The number of hydrogen-bond acceptors (Lipinski definition) is 2. The van der Waals surface area contributed by atoms with Gasteiger partial charge in [-0.15, -0.1) is 0 Å². The molecule has 0 atom stereocenters. The highest BCUT2D eigenvalue weighted by molar-refractivity contribution is 5.94. The van der Waals surface area contributed by atoms with Gasteiger partial charge in [-0.25, -0.2) is 8.78 Å². The van der Waals surface area contributed by atoms with E-state index in [1.165, 1.54) is 0 Å². The largest absolute Gasteiger partial charge is 0.352 e. The van der Waals surface area contributed by atoms with Crippen molar-refractivity contribution in [3.63, 3.8) is 0 Å². The number of halogens is 2. The Balaban J connectivity index is 1.76. The summed E-state index contributed by atoms with van der Waals surface area (Å²) in [5, 5.41) is 2.61. The summed E-state index contributed by atoms with van der Waals surface area (Å²) < 4.78 is 26.1. The molecule has 4 nitrogen and oxygen atoms in total. The van der Waals surface area contributed by atoms with Crippen molar-refractivity contribution >= 4 is 11.8 Å². The second kappa shape index (κ2) is 7.87. The number of rotatable bonds is 5. The average molecular weight is 310 g/mol. The molecule has 1 heterocycles. The van der Waals surface area contributed by atoms with E-state index < -0.39 is 17.5 Å². The van der Waals surface area contributed by atoms with Crippen LogP contribution in [0.3, 0.4) is 0 Å². The van der Waals surface area contributed by atoms with E-state index in [2.05, 4.69) is 5.32 Å². The first-order valence-electron chi connectivity index (χ1n) is 7.58. The van der Waals surface area contributed by atoms with Crippen LogP contribution in [-0.2, 0) is 4.79 Å². The summed E-state index contributed by atoms with van der Waals surface area (Å²) in [7, 11) is 0. The van der Waals surface area contributed by atoms with Crippen molar-refractivity contribution < 1.29 is 18.4 Å². The quantitative estimate of drug-likeness (QED) is 0.850. The molecular weight excluding hydrogens is 290 g/mol. The molecule has 2 amide bonds. The summed E-state index contributed by atoms with van der Waals surface area (Å²) in [5.74, 6) is -1.91. The molecule has 0 unspecified atom stereocenters. The molecule has 1 aromatic carbocycles. The Morgan fingerprint density at radius 1 is 1.14 bits per heavy atom. The fourth-order valence-electron chi connectivity index (χ4n) is 2.53. The lowest BCUT2D eigenvalue weighted by Crippen LogP contribution is -2.34. The van der Waals surface area contributed by atoms with Gasteiger partial charge < -0.3 is 10.2 Å². The van der Waals surface area contributed by atoms with Gasteiger partial charge in [-0.2, -0.15) is 0 Å². The fourth-order valence-corrected chi connectivity index (χ4v) is 2.53. The molecule has 1 aromatic rings. The molecule has 0 aliphatic carbocycles. The van der Waals surface area contributed by atoms with Gasteiger partial charge in [0.2, 0.25) is 5.91 Å². The predicted octanol–water partition coefficient (Wildman–Crippen LogP) is 2.49. The normalized spacial score (nSPS) is 15.5. The van der Waals surface area contributed by atoms with E-state index in [0.717, 1.165) is 44.0 Å². The monoisotopic (exact) mass is 310 g/mol. The molecule has 0 saturated carbocycles. The Morgan fingerprint density at radius 2 is 1.86 bits per heavy atom. The topological polar surface area (TPSA) is 49.4 Å². The number of benzene rings is 1. The third-order valence-electron chi connectivity index (χ3n) is 3.69. The van der Waals surface area contributed by atoms with Crippen LogP contribution in [0.25, 0.3) is 0 Å². The lowest BCUT2D eigenvalue weighted by Gasteiger charge is -2.20. The molecule has 0 spiro atoms.